The molecule has 0 bridgehead atoms. The molecule has 5 heteroatoms. The largest absolute Gasteiger partial charge is 0.360 e. The number of nitrogens with zero attached hydrogens (tertiary/aromatic N) is 2. The van der Waals surface area contributed by atoms with Gasteiger partial charge in [-0.25, -0.2) is 4.98 Å². The summed E-state index contributed by atoms with van der Waals surface area (Å²) in [6, 6.07) is 0. The normalized spacial score (nSPS) is 17.6. The third-order valence-electron chi connectivity index (χ3n) is 2.84. The molecule has 0 radical (unpaired) electrons. The van der Waals surface area contributed by atoms with Crippen LogP contribution in [0.15, 0.2) is 0 Å². The molecule has 2 rings (SSSR count). The number of thioether (sulfide) groups is 1. The van der Waals surface area contributed by atoms with Crippen molar-refractivity contribution in [3.63, 3.8) is 0 Å². The van der Waals surface area contributed by atoms with Crippen molar-refractivity contribution in [1.82, 2.24) is 9.88 Å². The van der Waals surface area contributed by atoms with Gasteiger partial charge in [0.15, 0.2) is 5.13 Å². The lowest BCUT2D eigenvalue weighted by Gasteiger charge is -2.25. The predicted molar refractivity (Wildman–Crippen MR) is 73.8 cm³/mol. The van der Waals surface area contributed by atoms with E-state index in [0.29, 0.717) is 0 Å². The van der Waals surface area contributed by atoms with E-state index in [4.69, 9.17) is 0 Å². The maximum Gasteiger partial charge on any atom is 0.183 e. The molecule has 0 unspecified atom stereocenters. The summed E-state index contributed by atoms with van der Waals surface area (Å²) in [4.78, 5) is 8.32. The van der Waals surface area contributed by atoms with Gasteiger partial charge in [0, 0.05) is 42.6 Å². The first-order chi connectivity index (χ1) is 7.75. The highest BCUT2D eigenvalue weighted by atomic mass is 32.2. The number of nitrogens with one attached hydrogen (secondary N) is 1. The first-order valence-corrected chi connectivity index (χ1v) is 7.71. The molecule has 1 aliphatic heterocycles. The van der Waals surface area contributed by atoms with E-state index in [0.717, 1.165) is 23.9 Å². The van der Waals surface area contributed by atoms with Gasteiger partial charge in [0.25, 0.3) is 0 Å². The predicted octanol–water partition coefficient (Wildman–Crippen LogP) is 2.22. The molecular weight excluding hydrogens is 238 g/mol. The van der Waals surface area contributed by atoms with E-state index in [2.05, 4.69) is 40.8 Å². The quantitative estimate of drug-likeness (QED) is 0.895. The lowest BCUT2D eigenvalue weighted by molar-refractivity contribution is 0.314. The maximum absolute atomic E-state index is 4.48. The van der Waals surface area contributed by atoms with Crippen LogP contribution < -0.4 is 5.32 Å². The molecule has 90 valence electrons. The van der Waals surface area contributed by atoms with Crippen LogP contribution in [0.1, 0.15) is 10.6 Å². The number of anilines is 1. The lowest BCUT2D eigenvalue weighted by atomic mass is 10.4. The van der Waals surface area contributed by atoms with Gasteiger partial charge in [-0.2, -0.15) is 11.8 Å². The van der Waals surface area contributed by atoms with Gasteiger partial charge in [0.2, 0.25) is 0 Å². The minimum atomic E-state index is 1.01. The fourth-order valence-corrected chi connectivity index (χ4v) is 3.51. The van der Waals surface area contributed by atoms with Crippen molar-refractivity contribution in [3.05, 3.63) is 10.6 Å². The molecule has 0 saturated carbocycles. The Labute approximate surface area is 106 Å². The molecule has 1 fully saturated rings. The molecule has 1 aromatic heterocycles. The van der Waals surface area contributed by atoms with Crippen LogP contribution in [0.5, 0.6) is 0 Å². The van der Waals surface area contributed by atoms with Crippen LogP contribution in [0.2, 0.25) is 0 Å². The Kier molecular flexibility index (Phi) is 4.49. The zero-order valence-corrected chi connectivity index (χ0v) is 11.6. The Morgan fingerprint density at radius 1 is 1.31 bits per heavy atom. The van der Waals surface area contributed by atoms with E-state index < -0.39 is 0 Å². The molecule has 1 N–H and O–H groups in total. The molecule has 0 amide bonds. The van der Waals surface area contributed by atoms with E-state index in [9.17, 15) is 0 Å². The third kappa shape index (κ3) is 3.37. The van der Waals surface area contributed by atoms with Crippen LogP contribution in [0.3, 0.4) is 0 Å². The van der Waals surface area contributed by atoms with Crippen LogP contribution in [0, 0.1) is 13.8 Å². The second kappa shape index (κ2) is 5.89. The van der Waals surface area contributed by atoms with Gasteiger partial charge in [-0.3, -0.25) is 4.90 Å². The van der Waals surface area contributed by atoms with Crippen molar-refractivity contribution >= 4 is 28.2 Å². The molecule has 0 atom stereocenters. The first kappa shape index (κ1) is 12.2. The Morgan fingerprint density at radius 2 is 2.06 bits per heavy atom. The Balaban J connectivity index is 1.71. The van der Waals surface area contributed by atoms with E-state index >= 15 is 0 Å². The smallest absolute Gasteiger partial charge is 0.183 e. The summed E-state index contributed by atoms with van der Waals surface area (Å²) in [7, 11) is 0. The van der Waals surface area contributed by atoms with Crippen LogP contribution >= 0.6 is 23.1 Å². The van der Waals surface area contributed by atoms with E-state index in [1.165, 1.54) is 29.5 Å². The van der Waals surface area contributed by atoms with Gasteiger partial charge in [0.1, 0.15) is 0 Å². The van der Waals surface area contributed by atoms with Gasteiger partial charge in [-0.1, -0.05) is 0 Å². The van der Waals surface area contributed by atoms with Crippen LogP contribution in [0.25, 0.3) is 0 Å². The SMILES string of the molecule is Cc1nc(NCCN2CCSCC2)sc1C. The first-order valence-electron chi connectivity index (χ1n) is 5.74. The summed E-state index contributed by atoms with van der Waals surface area (Å²) in [5, 5.41) is 4.48. The zero-order valence-electron chi connectivity index (χ0n) is 9.95. The van der Waals surface area contributed by atoms with Crippen LogP contribution in [0.4, 0.5) is 5.13 Å². The Bertz CT molecular complexity index is 312. The minimum Gasteiger partial charge on any atom is -0.360 e. The fraction of sp³-hybridized carbons (Fsp3) is 0.727. The topological polar surface area (TPSA) is 28.2 Å². The second-order valence-corrected chi connectivity index (χ2v) is 6.47. The van der Waals surface area contributed by atoms with Crippen molar-refractivity contribution in [2.45, 2.75) is 13.8 Å². The molecule has 2 heterocycles. The summed E-state index contributed by atoms with van der Waals surface area (Å²) in [6.07, 6.45) is 0. The number of hydrogen-bond acceptors (Lipinski definition) is 5. The number of aryl methyl sites for hydroxylation is 2. The lowest BCUT2D eigenvalue weighted by Crippen LogP contribution is -2.36. The zero-order chi connectivity index (χ0) is 11.4. The summed E-state index contributed by atoms with van der Waals surface area (Å²) >= 11 is 3.82. The highest BCUT2D eigenvalue weighted by Gasteiger charge is 2.09. The summed E-state index contributed by atoms with van der Waals surface area (Å²) in [5.74, 6) is 2.57. The standard InChI is InChI=1S/C11H19N3S2/c1-9-10(2)16-11(13-9)12-3-4-14-5-7-15-8-6-14/h3-8H2,1-2H3,(H,12,13). The summed E-state index contributed by atoms with van der Waals surface area (Å²) in [6.45, 7) is 8.82. The molecule has 0 aliphatic carbocycles. The van der Waals surface area contributed by atoms with Gasteiger partial charge < -0.3 is 5.32 Å². The summed E-state index contributed by atoms with van der Waals surface area (Å²) < 4.78 is 0. The molecule has 1 aromatic rings. The highest BCUT2D eigenvalue weighted by molar-refractivity contribution is 7.99. The molecule has 1 saturated heterocycles. The van der Waals surface area contributed by atoms with Crippen LogP contribution in [-0.2, 0) is 0 Å². The molecule has 0 aromatic carbocycles. The highest BCUT2D eigenvalue weighted by Crippen LogP contribution is 2.20. The fourth-order valence-electron chi connectivity index (χ4n) is 1.69. The van der Waals surface area contributed by atoms with Crippen molar-refractivity contribution in [1.29, 1.82) is 0 Å². The van der Waals surface area contributed by atoms with E-state index in [1.54, 1.807) is 11.3 Å². The van der Waals surface area contributed by atoms with Gasteiger partial charge in [-0.15, -0.1) is 11.3 Å². The second-order valence-electron chi connectivity index (χ2n) is 4.04. The van der Waals surface area contributed by atoms with Crippen molar-refractivity contribution in [2.24, 2.45) is 0 Å². The Hall–Kier alpha value is -0.260. The summed E-state index contributed by atoms with van der Waals surface area (Å²) in [5.41, 5.74) is 1.15. The number of rotatable bonds is 4. The average molecular weight is 257 g/mol. The van der Waals surface area contributed by atoms with Crippen molar-refractivity contribution in [3.8, 4) is 0 Å². The monoisotopic (exact) mass is 257 g/mol. The number of aromatic nitrogens is 1. The van der Waals surface area contributed by atoms with Crippen molar-refractivity contribution in [2.75, 3.05) is 43.0 Å². The average Bonchev–Trinajstić information content (AvgIpc) is 2.60. The van der Waals surface area contributed by atoms with Gasteiger partial charge in [-0.05, 0) is 13.8 Å². The minimum absolute atomic E-state index is 1.01. The van der Waals surface area contributed by atoms with Gasteiger partial charge >= 0.3 is 0 Å². The van der Waals surface area contributed by atoms with Crippen molar-refractivity contribution < 1.29 is 0 Å². The molecular formula is C11H19N3S2. The van der Waals surface area contributed by atoms with Gasteiger partial charge in [0.05, 0.1) is 5.69 Å². The van der Waals surface area contributed by atoms with E-state index in [-0.39, 0.29) is 0 Å². The molecule has 1 aliphatic rings. The number of hydrogen-bond donors (Lipinski definition) is 1. The third-order valence-corrected chi connectivity index (χ3v) is 4.81. The molecule has 16 heavy (non-hydrogen) atoms. The Morgan fingerprint density at radius 3 is 2.69 bits per heavy atom. The number of thiazole rings is 1. The van der Waals surface area contributed by atoms with Crippen LogP contribution in [-0.4, -0.2) is 47.6 Å². The molecule has 0 spiro atoms. The molecule has 3 nitrogen and oxygen atoms in total. The maximum atomic E-state index is 4.48. The van der Waals surface area contributed by atoms with E-state index in [1.807, 2.05) is 0 Å².